The zero-order chi connectivity index (χ0) is 18.3. The summed E-state index contributed by atoms with van der Waals surface area (Å²) in [6, 6.07) is 15.2. The molecule has 0 unspecified atom stereocenters. The average Bonchev–Trinajstić information content (AvgIpc) is 2.56. The second-order valence-electron chi connectivity index (χ2n) is 6.12. The number of guanidine groups is 1. The molecular formula is C19H25N3O2S. The van der Waals surface area contributed by atoms with Gasteiger partial charge in [0.05, 0.1) is 11.5 Å². The molecule has 0 aliphatic carbocycles. The molecule has 0 heterocycles. The van der Waals surface area contributed by atoms with Crippen molar-refractivity contribution in [3.8, 4) is 0 Å². The fraction of sp³-hybridized carbons (Fsp3) is 0.316. The summed E-state index contributed by atoms with van der Waals surface area (Å²) < 4.78 is 24.2. The van der Waals surface area contributed by atoms with Crippen LogP contribution in [0.3, 0.4) is 0 Å². The van der Waals surface area contributed by atoms with Gasteiger partial charge in [0, 0.05) is 12.2 Å². The highest BCUT2D eigenvalue weighted by Gasteiger charge is 2.11. The number of hydrogen-bond donors (Lipinski definition) is 2. The van der Waals surface area contributed by atoms with Gasteiger partial charge in [-0.15, -0.1) is 0 Å². The number of sulfone groups is 1. The Balaban J connectivity index is 1.80. The van der Waals surface area contributed by atoms with Crippen LogP contribution in [0.1, 0.15) is 23.1 Å². The molecule has 0 spiro atoms. The number of aryl methyl sites for hydroxylation is 2. The number of nitrogens with two attached hydrogens (primary N) is 1. The first kappa shape index (κ1) is 19.0. The van der Waals surface area contributed by atoms with Crippen LogP contribution in [-0.2, 0) is 15.6 Å². The van der Waals surface area contributed by atoms with Crippen LogP contribution in [-0.4, -0.2) is 26.7 Å². The van der Waals surface area contributed by atoms with Crippen molar-refractivity contribution >= 4 is 21.5 Å². The van der Waals surface area contributed by atoms with Crippen molar-refractivity contribution in [3.05, 3.63) is 65.2 Å². The molecule has 3 N–H and O–H groups in total. The second kappa shape index (κ2) is 8.67. The van der Waals surface area contributed by atoms with E-state index in [9.17, 15) is 8.42 Å². The molecule has 0 aromatic heterocycles. The SMILES string of the molecule is Cc1ccc(NC(N)=NCCCS(=O)(=O)Cc2ccccc2)cc1C. The maximum absolute atomic E-state index is 12.1. The molecule has 0 bridgehead atoms. The topological polar surface area (TPSA) is 84.5 Å². The van der Waals surface area contributed by atoms with Crippen LogP contribution in [0.2, 0.25) is 0 Å². The molecule has 0 radical (unpaired) electrons. The molecule has 0 saturated carbocycles. The number of rotatable bonds is 7. The number of hydrogen-bond acceptors (Lipinski definition) is 3. The molecule has 2 aromatic rings. The Bertz CT molecular complexity index is 831. The van der Waals surface area contributed by atoms with Crippen LogP contribution in [0.5, 0.6) is 0 Å². The summed E-state index contributed by atoms with van der Waals surface area (Å²) >= 11 is 0. The summed E-state index contributed by atoms with van der Waals surface area (Å²) in [5.41, 5.74) is 9.92. The van der Waals surface area contributed by atoms with Crippen molar-refractivity contribution in [2.45, 2.75) is 26.0 Å². The molecule has 2 rings (SSSR count). The van der Waals surface area contributed by atoms with Crippen molar-refractivity contribution in [2.24, 2.45) is 10.7 Å². The lowest BCUT2D eigenvalue weighted by atomic mass is 10.1. The van der Waals surface area contributed by atoms with Gasteiger partial charge < -0.3 is 11.1 Å². The Morgan fingerprint density at radius 1 is 1.08 bits per heavy atom. The summed E-state index contributed by atoms with van der Waals surface area (Å²) in [7, 11) is -3.13. The van der Waals surface area contributed by atoms with Gasteiger partial charge in [-0.3, -0.25) is 4.99 Å². The third-order valence-electron chi connectivity index (χ3n) is 3.90. The van der Waals surface area contributed by atoms with Gasteiger partial charge in [-0.2, -0.15) is 0 Å². The minimum atomic E-state index is -3.13. The van der Waals surface area contributed by atoms with Gasteiger partial charge in [-0.1, -0.05) is 36.4 Å². The highest BCUT2D eigenvalue weighted by molar-refractivity contribution is 7.90. The van der Waals surface area contributed by atoms with E-state index in [1.54, 1.807) is 0 Å². The van der Waals surface area contributed by atoms with E-state index in [0.717, 1.165) is 11.3 Å². The molecule has 0 amide bonds. The second-order valence-corrected chi connectivity index (χ2v) is 8.31. The van der Waals surface area contributed by atoms with Crippen molar-refractivity contribution in [2.75, 3.05) is 17.6 Å². The van der Waals surface area contributed by atoms with Crippen molar-refractivity contribution in [1.29, 1.82) is 0 Å². The van der Waals surface area contributed by atoms with Gasteiger partial charge in [-0.05, 0) is 49.1 Å². The first-order valence-corrected chi connectivity index (χ1v) is 10.1. The Morgan fingerprint density at radius 2 is 1.80 bits per heavy atom. The lowest BCUT2D eigenvalue weighted by Gasteiger charge is -2.08. The zero-order valence-electron chi connectivity index (χ0n) is 14.7. The largest absolute Gasteiger partial charge is 0.370 e. The van der Waals surface area contributed by atoms with E-state index in [1.165, 1.54) is 11.1 Å². The van der Waals surface area contributed by atoms with E-state index in [2.05, 4.69) is 10.3 Å². The van der Waals surface area contributed by atoms with Crippen molar-refractivity contribution in [1.82, 2.24) is 0 Å². The minimum absolute atomic E-state index is 0.0634. The van der Waals surface area contributed by atoms with Crippen LogP contribution in [0.15, 0.2) is 53.5 Å². The zero-order valence-corrected chi connectivity index (χ0v) is 15.5. The summed E-state index contributed by atoms with van der Waals surface area (Å²) in [5.74, 6) is 0.458. The normalized spacial score (nSPS) is 12.2. The summed E-state index contributed by atoms with van der Waals surface area (Å²) in [5, 5.41) is 3.03. The van der Waals surface area contributed by atoms with Crippen LogP contribution < -0.4 is 11.1 Å². The maximum Gasteiger partial charge on any atom is 0.193 e. The first-order valence-electron chi connectivity index (χ1n) is 8.24. The molecule has 0 aliphatic rings. The Hall–Kier alpha value is -2.34. The summed E-state index contributed by atoms with van der Waals surface area (Å²) in [6.07, 6.45) is 0.449. The molecule has 134 valence electrons. The first-order chi connectivity index (χ1) is 11.9. The van der Waals surface area contributed by atoms with Crippen molar-refractivity contribution in [3.63, 3.8) is 0 Å². The van der Waals surface area contributed by atoms with E-state index in [1.807, 2.05) is 62.4 Å². The number of nitrogens with zero attached hydrogens (tertiary/aromatic N) is 1. The third kappa shape index (κ3) is 6.58. The van der Waals surface area contributed by atoms with E-state index in [-0.39, 0.29) is 11.5 Å². The average molecular weight is 359 g/mol. The summed E-state index contributed by atoms with van der Waals surface area (Å²) in [6.45, 7) is 4.45. The fourth-order valence-corrected chi connectivity index (χ4v) is 3.80. The maximum atomic E-state index is 12.1. The van der Waals surface area contributed by atoms with Gasteiger partial charge in [0.1, 0.15) is 0 Å². The van der Waals surface area contributed by atoms with Crippen LogP contribution in [0.4, 0.5) is 5.69 Å². The van der Waals surface area contributed by atoms with Gasteiger partial charge in [0.25, 0.3) is 0 Å². The number of benzene rings is 2. The fourth-order valence-electron chi connectivity index (χ4n) is 2.39. The predicted molar refractivity (Wildman–Crippen MR) is 105 cm³/mol. The van der Waals surface area contributed by atoms with Crippen LogP contribution in [0.25, 0.3) is 0 Å². The van der Waals surface area contributed by atoms with Gasteiger partial charge in [0.2, 0.25) is 0 Å². The summed E-state index contributed by atoms with van der Waals surface area (Å²) in [4.78, 5) is 4.20. The lowest BCUT2D eigenvalue weighted by molar-refractivity contribution is 0.593. The number of nitrogens with one attached hydrogen (secondary N) is 1. The molecule has 0 aliphatic heterocycles. The van der Waals surface area contributed by atoms with E-state index >= 15 is 0 Å². The Labute approximate surface area is 149 Å². The Morgan fingerprint density at radius 3 is 2.48 bits per heavy atom. The molecule has 25 heavy (non-hydrogen) atoms. The molecule has 0 fully saturated rings. The number of anilines is 1. The molecule has 0 saturated heterocycles. The molecule has 0 atom stereocenters. The quantitative estimate of drug-likeness (QED) is 0.452. The minimum Gasteiger partial charge on any atom is -0.370 e. The predicted octanol–water partition coefficient (Wildman–Crippen LogP) is 3.04. The smallest absolute Gasteiger partial charge is 0.193 e. The Kier molecular flexibility index (Phi) is 6.58. The third-order valence-corrected chi connectivity index (χ3v) is 5.59. The molecule has 2 aromatic carbocycles. The molecule has 6 heteroatoms. The monoisotopic (exact) mass is 359 g/mol. The van der Waals surface area contributed by atoms with E-state index in [4.69, 9.17) is 5.73 Å². The number of aliphatic imine (C=N–C) groups is 1. The van der Waals surface area contributed by atoms with Gasteiger partial charge >= 0.3 is 0 Å². The van der Waals surface area contributed by atoms with E-state index in [0.29, 0.717) is 18.9 Å². The highest BCUT2D eigenvalue weighted by Crippen LogP contribution is 2.13. The molecule has 5 nitrogen and oxygen atoms in total. The molecular weight excluding hydrogens is 334 g/mol. The van der Waals surface area contributed by atoms with E-state index < -0.39 is 9.84 Å². The van der Waals surface area contributed by atoms with Crippen LogP contribution >= 0.6 is 0 Å². The van der Waals surface area contributed by atoms with Crippen molar-refractivity contribution < 1.29 is 8.42 Å². The lowest BCUT2D eigenvalue weighted by Crippen LogP contribution is -2.23. The van der Waals surface area contributed by atoms with Gasteiger partial charge in [0.15, 0.2) is 15.8 Å². The standard InChI is InChI=1S/C19H25N3O2S/c1-15-9-10-18(13-16(15)2)22-19(20)21-11-6-12-25(23,24)14-17-7-4-3-5-8-17/h3-5,7-10,13H,6,11-12,14H2,1-2H3,(H3,20,21,22). The van der Waals surface area contributed by atoms with Crippen LogP contribution in [0, 0.1) is 13.8 Å². The van der Waals surface area contributed by atoms with Gasteiger partial charge in [-0.25, -0.2) is 8.42 Å². The highest BCUT2D eigenvalue weighted by atomic mass is 32.2.